The van der Waals surface area contributed by atoms with Gasteiger partial charge in [-0.1, -0.05) is 13.0 Å². The molecule has 2 heterocycles. The molecular formula is C20H24N2O4. The van der Waals surface area contributed by atoms with E-state index >= 15 is 0 Å². The van der Waals surface area contributed by atoms with Crippen LogP contribution in [0, 0.1) is 0 Å². The summed E-state index contributed by atoms with van der Waals surface area (Å²) >= 11 is 0. The first-order chi connectivity index (χ1) is 12.5. The number of hydrogen-bond donors (Lipinski definition) is 1. The molecule has 0 fully saturated rings. The number of hydrogen-bond acceptors (Lipinski definition) is 5. The summed E-state index contributed by atoms with van der Waals surface area (Å²) in [5, 5.41) is 0.970. The van der Waals surface area contributed by atoms with Crippen LogP contribution in [-0.4, -0.2) is 31.4 Å². The van der Waals surface area contributed by atoms with Gasteiger partial charge in [-0.05, 0) is 31.1 Å². The van der Waals surface area contributed by atoms with Crippen LogP contribution in [0.2, 0.25) is 0 Å². The van der Waals surface area contributed by atoms with Gasteiger partial charge in [0.05, 0.1) is 43.3 Å². The molecule has 0 saturated carbocycles. The van der Waals surface area contributed by atoms with Gasteiger partial charge >= 0.3 is 5.97 Å². The first-order valence-electron chi connectivity index (χ1n) is 8.67. The SMILES string of the molecule is CCOC(=O)C1=C(N)c2cc3cc(OC)c(OC)cc3n2CC=C1CC. The van der Waals surface area contributed by atoms with Crippen molar-refractivity contribution in [3.63, 3.8) is 0 Å². The lowest BCUT2D eigenvalue weighted by Crippen LogP contribution is -2.15. The molecule has 3 rings (SSSR count). The van der Waals surface area contributed by atoms with E-state index in [4.69, 9.17) is 19.9 Å². The third-order valence-electron chi connectivity index (χ3n) is 4.65. The first-order valence-corrected chi connectivity index (χ1v) is 8.67. The molecule has 6 heteroatoms. The molecule has 1 aromatic heterocycles. The Hall–Kier alpha value is -2.89. The lowest BCUT2D eigenvalue weighted by Gasteiger charge is -2.11. The minimum absolute atomic E-state index is 0.310. The predicted molar refractivity (Wildman–Crippen MR) is 101 cm³/mol. The van der Waals surface area contributed by atoms with E-state index in [0.717, 1.165) is 22.2 Å². The third kappa shape index (κ3) is 2.81. The highest BCUT2D eigenvalue weighted by atomic mass is 16.5. The van der Waals surface area contributed by atoms with Crippen LogP contribution in [0.25, 0.3) is 16.6 Å². The molecule has 26 heavy (non-hydrogen) atoms. The number of carbonyl (C=O) groups excluding carboxylic acids is 1. The average Bonchev–Trinajstić information content (AvgIpc) is 2.93. The number of nitrogens with two attached hydrogens (primary N) is 1. The summed E-state index contributed by atoms with van der Waals surface area (Å²) in [5.41, 5.74) is 10.00. The van der Waals surface area contributed by atoms with Crippen molar-refractivity contribution in [2.24, 2.45) is 5.73 Å². The molecule has 138 valence electrons. The van der Waals surface area contributed by atoms with Crippen molar-refractivity contribution in [1.82, 2.24) is 4.57 Å². The summed E-state index contributed by atoms with van der Waals surface area (Å²) in [6, 6.07) is 5.82. The Morgan fingerprint density at radius 3 is 2.46 bits per heavy atom. The Morgan fingerprint density at radius 2 is 1.85 bits per heavy atom. The van der Waals surface area contributed by atoms with Crippen LogP contribution in [0.5, 0.6) is 11.5 Å². The van der Waals surface area contributed by atoms with Gasteiger partial charge in [0.25, 0.3) is 0 Å². The Balaban J connectivity index is 2.26. The maximum atomic E-state index is 12.5. The standard InChI is InChI=1S/C20H24N2O4/c1-5-12-7-8-22-14-11-17(25-4)16(24-3)10-13(14)9-15(22)19(21)18(12)20(23)26-6-2/h7,9-11H,5-6,8,21H2,1-4H3. The van der Waals surface area contributed by atoms with Crippen molar-refractivity contribution in [2.75, 3.05) is 20.8 Å². The monoisotopic (exact) mass is 356 g/mol. The van der Waals surface area contributed by atoms with Crippen LogP contribution in [0.4, 0.5) is 0 Å². The number of aromatic nitrogens is 1. The molecule has 1 aromatic carbocycles. The van der Waals surface area contributed by atoms with E-state index in [1.165, 1.54) is 0 Å². The Morgan fingerprint density at radius 1 is 1.15 bits per heavy atom. The molecule has 0 amide bonds. The second kappa shape index (κ2) is 7.15. The number of esters is 1. The van der Waals surface area contributed by atoms with Crippen LogP contribution in [0.1, 0.15) is 26.0 Å². The van der Waals surface area contributed by atoms with Crippen LogP contribution in [0.3, 0.4) is 0 Å². The number of nitrogens with zero attached hydrogens (tertiary/aromatic N) is 1. The average molecular weight is 356 g/mol. The van der Waals surface area contributed by atoms with Crippen molar-refractivity contribution < 1.29 is 19.0 Å². The Labute approximate surface area is 152 Å². The molecule has 0 atom stereocenters. The van der Waals surface area contributed by atoms with Crippen LogP contribution >= 0.6 is 0 Å². The molecule has 1 aliphatic heterocycles. The molecule has 0 saturated heterocycles. The van der Waals surface area contributed by atoms with Crippen molar-refractivity contribution in [3.05, 3.63) is 41.1 Å². The molecule has 0 aliphatic carbocycles. The maximum absolute atomic E-state index is 12.5. The van der Waals surface area contributed by atoms with E-state index in [2.05, 4.69) is 4.57 Å². The quantitative estimate of drug-likeness (QED) is 0.833. The van der Waals surface area contributed by atoms with Gasteiger partial charge in [-0.3, -0.25) is 0 Å². The van der Waals surface area contributed by atoms with Crippen molar-refractivity contribution >= 4 is 22.6 Å². The van der Waals surface area contributed by atoms with Gasteiger partial charge < -0.3 is 24.5 Å². The van der Waals surface area contributed by atoms with Crippen LogP contribution < -0.4 is 15.2 Å². The third-order valence-corrected chi connectivity index (χ3v) is 4.65. The lowest BCUT2D eigenvalue weighted by molar-refractivity contribution is -0.138. The highest BCUT2D eigenvalue weighted by Gasteiger charge is 2.25. The van der Waals surface area contributed by atoms with Crippen LogP contribution in [0.15, 0.2) is 35.4 Å². The number of fused-ring (bicyclic) bond motifs is 3. The molecule has 2 N–H and O–H groups in total. The summed E-state index contributed by atoms with van der Waals surface area (Å²) in [5.74, 6) is 0.920. The summed E-state index contributed by atoms with van der Waals surface area (Å²) in [4.78, 5) is 12.5. The normalized spacial score (nSPS) is 13.9. The van der Waals surface area contributed by atoms with Gasteiger partial charge in [0, 0.05) is 18.0 Å². The molecule has 0 spiro atoms. The number of carbonyl (C=O) groups is 1. The number of methoxy groups -OCH3 is 2. The first kappa shape index (κ1) is 17.9. The Bertz CT molecular complexity index is 922. The second-order valence-electron chi connectivity index (χ2n) is 6.00. The van der Waals surface area contributed by atoms with Gasteiger partial charge in [0.1, 0.15) is 0 Å². The molecule has 6 nitrogen and oxygen atoms in total. The van der Waals surface area contributed by atoms with Crippen LogP contribution in [-0.2, 0) is 16.1 Å². The fourth-order valence-electron chi connectivity index (χ4n) is 3.38. The summed E-state index contributed by atoms with van der Waals surface area (Å²) in [7, 11) is 3.21. The fourth-order valence-corrected chi connectivity index (χ4v) is 3.38. The maximum Gasteiger partial charge on any atom is 0.340 e. The van der Waals surface area contributed by atoms with Gasteiger partial charge in [-0.2, -0.15) is 0 Å². The van der Waals surface area contributed by atoms with Gasteiger partial charge in [-0.25, -0.2) is 4.79 Å². The summed E-state index contributed by atoms with van der Waals surface area (Å²) in [6.07, 6.45) is 2.74. The van der Waals surface area contributed by atoms with E-state index in [1.54, 1.807) is 21.1 Å². The second-order valence-corrected chi connectivity index (χ2v) is 6.00. The molecule has 0 radical (unpaired) electrons. The number of rotatable bonds is 5. The van der Waals surface area contributed by atoms with Crippen molar-refractivity contribution in [1.29, 1.82) is 0 Å². The largest absolute Gasteiger partial charge is 0.493 e. The van der Waals surface area contributed by atoms with Gasteiger partial charge in [-0.15, -0.1) is 0 Å². The van der Waals surface area contributed by atoms with E-state index in [0.29, 0.717) is 42.3 Å². The minimum atomic E-state index is -0.382. The van der Waals surface area contributed by atoms with Gasteiger partial charge in [0.2, 0.25) is 0 Å². The molecule has 1 aliphatic rings. The van der Waals surface area contributed by atoms with E-state index in [-0.39, 0.29) is 5.97 Å². The topological polar surface area (TPSA) is 75.7 Å². The Kier molecular flexibility index (Phi) is 4.93. The number of allylic oxidation sites excluding steroid dienone is 1. The van der Waals surface area contributed by atoms with E-state index in [1.807, 2.05) is 31.2 Å². The molecule has 0 bridgehead atoms. The molecule has 2 aromatic rings. The van der Waals surface area contributed by atoms with E-state index < -0.39 is 0 Å². The zero-order valence-corrected chi connectivity index (χ0v) is 15.6. The number of ether oxygens (including phenoxy) is 3. The lowest BCUT2D eigenvalue weighted by atomic mass is 10.0. The van der Waals surface area contributed by atoms with E-state index in [9.17, 15) is 4.79 Å². The summed E-state index contributed by atoms with van der Waals surface area (Å²) < 4.78 is 18.1. The number of benzene rings is 1. The predicted octanol–water partition coefficient (Wildman–Crippen LogP) is 3.24. The molecule has 0 unspecified atom stereocenters. The smallest absolute Gasteiger partial charge is 0.340 e. The molecular weight excluding hydrogens is 332 g/mol. The highest BCUT2D eigenvalue weighted by Crippen LogP contribution is 2.37. The zero-order valence-electron chi connectivity index (χ0n) is 15.6. The summed E-state index contributed by atoms with van der Waals surface area (Å²) in [6.45, 7) is 4.71. The van der Waals surface area contributed by atoms with Crippen molar-refractivity contribution in [3.8, 4) is 11.5 Å². The van der Waals surface area contributed by atoms with Gasteiger partial charge in [0.15, 0.2) is 11.5 Å². The zero-order chi connectivity index (χ0) is 18.8. The fraction of sp³-hybridized carbons (Fsp3) is 0.350. The highest BCUT2D eigenvalue weighted by molar-refractivity contribution is 6.03. The van der Waals surface area contributed by atoms with Crippen molar-refractivity contribution in [2.45, 2.75) is 26.8 Å². The minimum Gasteiger partial charge on any atom is -0.493 e.